The summed E-state index contributed by atoms with van der Waals surface area (Å²) in [5, 5.41) is 74.7. The normalized spacial score (nSPS) is 24.1. The monoisotopic (exact) mass is 1080 g/mol. The van der Waals surface area contributed by atoms with Crippen LogP contribution in [0.5, 0.6) is 0 Å². The zero-order chi connectivity index (χ0) is 56.6. The molecule has 3 aliphatic heterocycles. The third-order valence-corrected chi connectivity index (χ3v) is 10.5. The van der Waals surface area contributed by atoms with Crippen LogP contribution in [0.3, 0.4) is 0 Å². The highest BCUT2D eigenvalue weighted by molar-refractivity contribution is 5.24. The van der Waals surface area contributed by atoms with Crippen LogP contribution in [0.4, 0.5) is 11.6 Å². The molecule has 19 N–H and O–H groups in total. The van der Waals surface area contributed by atoms with Gasteiger partial charge in [0, 0.05) is 66.9 Å². The lowest BCUT2D eigenvalue weighted by Gasteiger charge is -2.16. The quantitative estimate of drug-likeness (QED) is 0.0736. The van der Waals surface area contributed by atoms with Crippen molar-refractivity contribution in [3.05, 3.63) is 177 Å². The molecular formula is C41H54N14O21. The topological polar surface area (TPSA) is 563 Å². The summed E-state index contributed by atoms with van der Waals surface area (Å²) >= 11 is 0. The number of aliphatic hydroxyl groups is 8. The molecule has 9 rings (SSSR count). The van der Waals surface area contributed by atoms with Gasteiger partial charge < -0.3 is 76.5 Å². The molecule has 76 heavy (non-hydrogen) atoms. The van der Waals surface area contributed by atoms with E-state index < -0.39 is 126 Å². The summed E-state index contributed by atoms with van der Waals surface area (Å²) in [6.07, 6.45) is -3.40. The van der Waals surface area contributed by atoms with Crippen LogP contribution >= 0.6 is 0 Å². The fourth-order valence-electron chi connectivity index (χ4n) is 6.56. The number of rotatable bonds is 6. The molecule has 35 nitrogen and oxygen atoms in total. The Bertz CT molecular complexity index is 3430. The minimum Gasteiger partial charge on any atom is -0.394 e. The van der Waals surface area contributed by atoms with Crippen molar-refractivity contribution in [2.45, 2.75) is 87.8 Å². The van der Waals surface area contributed by atoms with Crippen molar-refractivity contribution in [3.63, 3.8) is 0 Å². The number of nitrogens with two attached hydrogens (primary N) is 2. The number of ether oxygens (including phenoxy) is 3. The molecule has 0 radical (unpaired) electrons. The van der Waals surface area contributed by atoms with Gasteiger partial charge in [-0.25, -0.2) is 33.8 Å². The van der Waals surface area contributed by atoms with Gasteiger partial charge in [-0.15, -0.1) is 0 Å². The smallest absolute Gasteiger partial charge is 0.351 e. The highest BCUT2D eigenvalue weighted by Gasteiger charge is 2.45. The number of aliphatic hydroxyl groups excluding tert-OH is 8. The zero-order valence-corrected chi connectivity index (χ0v) is 39.7. The number of nitrogens with zero attached hydrogens (tertiary/aromatic N) is 5. The van der Waals surface area contributed by atoms with Crippen LogP contribution in [-0.2, 0) is 14.2 Å². The molecule has 0 saturated carbocycles. The van der Waals surface area contributed by atoms with Gasteiger partial charge >= 0.3 is 34.1 Å². The molecule has 3 aliphatic rings. The van der Waals surface area contributed by atoms with Gasteiger partial charge in [-0.2, -0.15) is 4.98 Å². The van der Waals surface area contributed by atoms with Crippen LogP contribution in [0.15, 0.2) is 109 Å². The summed E-state index contributed by atoms with van der Waals surface area (Å²) < 4.78 is 18.8. The first-order chi connectivity index (χ1) is 35.9. The maximum atomic E-state index is 11.6. The van der Waals surface area contributed by atoms with Crippen LogP contribution in [0, 0.1) is 13.8 Å². The standard InChI is InChI=1S/C10H14N2O5.C9H13N3O5.C9H12N2O6.C5H6N2O2.C4H5N3O.C4H4N2O2/c1-5-3-12(10(16)11-9(5)15)8-2-6(14)7(4-13)17-8;10-5-1-2-12(9(16)11-5)8-7(15)6(14)4(3-13)17-8;12-3-4-6(14)7(15)8(17-4)11-2-1-5(13)10-9(11)16;1-3-2-6-5(9)7-4(3)8;5-3-1-2-6-4(8)7-3;7-3-1-2-5-4(8)6-3/h3,6-8,13-14H,2,4H2,1H3,(H,11,15,16);1-2,4,6-8,13-15H,3H2,(H2,10,11,16);1-2,4,6-8,12,14-15H,3H2,(H,10,13,16);2H,1H3,(H2,6,7,8,9);1-2H,(H3,5,6,7,8);1-2H,(H2,5,6,7,8)/t6?,7-,8-;2*4-,6?,7+,8-;;;/m111.../s1. The zero-order valence-electron chi connectivity index (χ0n) is 39.7. The van der Waals surface area contributed by atoms with E-state index in [-0.39, 0.29) is 30.0 Å². The Labute approximate surface area is 420 Å². The summed E-state index contributed by atoms with van der Waals surface area (Å²) in [6, 6.07) is 5.22. The molecule has 6 aromatic heterocycles. The maximum Gasteiger partial charge on any atom is 0.351 e. The van der Waals surface area contributed by atoms with Crippen molar-refractivity contribution in [1.82, 2.24) is 58.6 Å². The number of hydrogen-bond donors (Lipinski definition) is 17. The number of aromatic nitrogens is 12. The minimum atomic E-state index is -1.35. The van der Waals surface area contributed by atoms with E-state index in [2.05, 4.69) is 34.9 Å². The summed E-state index contributed by atoms with van der Waals surface area (Å²) in [4.78, 5) is 130. The van der Waals surface area contributed by atoms with Gasteiger partial charge in [-0.3, -0.25) is 57.8 Å². The molecule has 3 saturated heterocycles. The number of anilines is 2. The molecule has 0 bridgehead atoms. The first-order valence-electron chi connectivity index (χ1n) is 21.9. The number of H-pyrrole nitrogens is 7. The third kappa shape index (κ3) is 16.6. The first-order valence-corrected chi connectivity index (χ1v) is 21.9. The van der Waals surface area contributed by atoms with Crippen molar-refractivity contribution in [2.75, 3.05) is 31.3 Å². The van der Waals surface area contributed by atoms with Gasteiger partial charge in [-0.1, -0.05) is 0 Å². The predicted molar refractivity (Wildman–Crippen MR) is 257 cm³/mol. The van der Waals surface area contributed by atoms with E-state index in [1.54, 1.807) is 13.8 Å². The van der Waals surface area contributed by atoms with E-state index in [9.17, 15) is 73.5 Å². The fraction of sp³-hybridized carbons (Fsp3) is 0.415. The van der Waals surface area contributed by atoms with Crippen LogP contribution in [0.2, 0.25) is 0 Å². The Balaban J connectivity index is 0.000000203. The largest absolute Gasteiger partial charge is 0.394 e. The Morgan fingerprint density at radius 3 is 1.62 bits per heavy atom. The lowest BCUT2D eigenvalue weighted by Crippen LogP contribution is -2.37. The average Bonchev–Trinajstić information content (AvgIpc) is 3.99. The number of hydrogen-bond acceptors (Lipinski definition) is 25. The summed E-state index contributed by atoms with van der Waals surface area (Å²) in [7, 11) is 0. The number of nitrogen functional groups attached to an aromatic ring is 2. The molecule has 9 heterocycles. The van der Waals surface area contributed by atoms with E-state index in [1.165, 1.54) is 53.8 Å². The Kier molecular flexibility index (Phi) is 22.0. The molecule has 35 heteroatoms. The third-order valence-electron chi connectivity index (χ3n) is 10.5. The van der Waals surface area contributed by atoms with E-state index in [4.69, 9.17) is 41.0 Å². The number of aryl methyl sites for hydroxylation is 2. The molecule has 414 valence electrons. The van der Waals surface area contributed by atoms with Crippen LogP contribution < -0.4 is 67.8 Å². The maximum absolute atomic E-state index is 11.6. The molecule has 0 spiro atoms. The first kappa shape index (κ1) is 60.2. The van der Waals surface area contributed by atoms with Crippen molar-refractivity contribution < 1.29 is 55.1 Å². The summed E-state index contributed by atoms with van der Waals surface area (Å²) in [6.45, 7) is 1.95. The molecule has 0 aromatic carbocycles. The summed E-state index contributed by atoms with van der Waals surface area (Å²) in [5.74, 6) is 0.392. The number of aromatic amines is 7. The van der Waals surface area contributed by atoms with Crippen molar-refractivity contribution in [1.29, 1.82) is 0 Å². The molecule has 11 atom stereocenters. The highest BCUT2D eigenvalue weighted by atomic mass is 16.6. The molecule has 3 unspecified atom stereocenters. The Morgan fingerprint density at radius 2 is 1.16 bits per heavy atom. The van der Waals surface area contributed by atoms with E-state index >= 15 is 0 Å². The Morgan fingerprint density at radius 1 is 0.605 bits per heavy atom. The lowest BCUT2D eigenvalue weighted by atomic mass is 10.1. The van der Waals surface area contributed by atoms with Crippen molar-refractivity contribution in [3.8, 4) is 0 Å². The molecule has 3 fully saturated rings. The van der Waals surface area contributed by atoms with E-state index in [0.717, 1.165) is 21.4 Å². The van der Waals surface area contributed by atoms with E-state index in [0.29, 0.717) is 16.9 Å². The lowest BCUT2D eigenvalue weighted by molar-refractivity contribution is -0.0550. The van der Waals surface area contributed by atoms with Crippen LogP contribution in [-0.4, -0.2) is 168 Å². The van der Waals surface area contributed by atoms with Gasteiger partial charge in [0.15, 0.2) is 12.5 Å². The van der Waals surface area contributed by atoms with Crippen molar-refractivity contribution >= 4 is 11.6 Å². The SMILES string of the molecule is Cc1c[nH]c(=O)[nH]c1=O.Cc1cn([C@H]2CC(O)[C@@H](CO)O2)c(=O)[nH]c1=O.Nc1ccn([C@@H]2O[C@H](CO)C(O)[C@@H]2O)c(=O)n1.Nc1ccnc(=O)[nH]1.O=c1cc[nH]c(=O)[nH]1.O=c1ccn([C@@H]2O[C@H](CO)C(O)[C@@H]2O)c(=O)[nH]1. The van der Waals surface area contributed by atoms with Gasteiger partial charge in [0.05, 0.1) is 25.9 Å². The van der Waals surface area contributed by atoms with Crippen molar-refractivity contribution in [2.24, 2.45) is 0 Å². The van der Waals surface area contributed by atoms with Gasteiger partial charge in [0.2, 0.25) is 0 Å². The predicted octanol–water partition coefficient (Wildman–Crippen LogP) is -9.14. The summed E-state index contributed by atoms with van der Waals surface area (Å²) in [5.41, 5.74) is 6.26. The number of nitrogens with one attached hydrogen (secondary N) is 7. The minimum absolute atomic E-state index is 0.0537. The average molecular weight is 1080 g/mol. The molecule has 0 amide bonds. The fourth-order valence-corrected chi connectivity index (χ4v) is 6.56. The van der Waals surface area contributed by atoms with Gasteiger partial charge in [-0.05, 0) is 26.0 Å². The highest BCUT2D eigenvalue weighted by Crippen LogP contribution is 2.29. The second-order valence-electron chi connectivity index (χ2n) is 16.0. The Hall–Kier alpha value is -8.36. The van der Waals surface area contributed by atoms with Crippen LogP contribution in [0.25, 0.3) is 0 Å². The molecule has 0 aliphatic carbocycles. The molecular weight excluding hydrogens is 1020 g/mol. The van der Waals surface area contributed by atoms with Gasteiger partial charge in [0.25, 0.3) is 22.2 Å². The van der Waals surface area contributed by atoms with E-state index in [1.807, 2.05) is 9.97 Å². The second-order valence-corrected chi connectivity index (χ2v) is 16.0. The van der Waals surface area contributed by atoms with Gasteiger partial charge in [0.1, 0.15) is 60.6 Å². The second kappa shape index (κ2) is 27.8. The molecule has 6 aromatic rings. The van der Waals surface area contributed by atoms with Crippen LogP contribution in [0.1, 0.15) is 36.2 Å².